The van der Waals surface area contributed by atoms with Crippen LogP contribution in [-0.4, -0.2) is 48.5 Å². The van der Waals surface area contributed by atoms with Gasteiger partial charge in [0.05, 0.1) is 5.52 Å². The number of hydrogen-bond acceptors (Lipinski definition) is 4. The number of hydrogen-bond donors (Lipinski definition) is 1. The zero-order valence-electron chi connectivity index (χ0n) is 14.9. The third-order valence-electron chi connectivity index (χ3n) is 5.80. The van der Waals surface area contributed by atoms with Crippen molar-refractivity contribution in [3.63, 3.8) is 0 Å². The summed E-state index contributed by atoms with van der Waals surface area (Å²) in [5.41, 5.74) is 7.54. The Hall–Kier alpha value is -2.21. The van der Waals surface area contributed by atoms with Crippen molar-refractivity contribution in [3.8, 4) is 0 Å². The Morgan fingerprint density at radius 1 is 1.19 bits per heavy atom. The lowest BCUT2D eigenvalue weighted by Gasteiger charge is -2.35. The number of nitrogens with zero attached hydrogens (tertiary/aromatic N) is 3. The van der Waals surface area contributed by atoms with Gasteiger partial charge in [-0.25, -0.2) is 4.39 Å². The Kier molecular flexibility index (Phi) is 4.76. The topological polar surface area (TPSA) is 62.5 Å². The molecule has 5 nitrogen and oxygen atoms in total. The van der Waals surface area contributed by atoms with Gasteiger partial charge in [-0.3, -0.25) is 9.78 Å². The lowest BCUT2D eigenvalue weighted by molar-refractivity contribution is -0.135. The van der Waals surface area contributed by atoms with Crippen LogP contribution in [0.15, 0.2) is 30.5 Å². The molecule has 1 aromatic heterocycles. The number of aromatic nitrogens is 1. The number of rotatable bonds is 3. The van der Waals surface area contributed by atoms with Gasteiger partial charge in [0.25, 0.3) is 0 Å². The number of amides is 1. The largest absolute Gasteiger partial charge is 0.371 e. The highest BCUT2D eigenvalue weighted by atomic mass is 19.1. The van der Waals surface area contributed by atoms with Crippen molar-refractivity contribution in [1.29, 1.82) is 0 Å². The van der Waals surface area contributed by atoms with Crippen LogP contribution in [0.4, 0.5) is 10.1 Å². The highest BCUT2D eigenvalue weighted by Crippen LogP contribution is 2.31. The highest BCUT2D eigenvalue weighted by molar-refractivity contribution is 5.91. The molecular weight excluding hydrogens is 331 g/mol. The van der Waals surface area contributed by atoms with E-state index >= 15 is 0 Å². The summed E-state index contributed by atoms with van der Waals surface area (Å²) in [6, 6.07) is 6.64. The average Bonchev–Trinajstić information content (AvgIpc) is 3.16. The summed E-state index contributed by atoms with van der Waals surface area (Å²) in [6.07, 6.45) is 4.46. The van der Waals surface area contributed by atoms with Gasteiger partial charge in [0.2, 0.25) is 5.91 Å². The first-order valence-electron chi connectivity index (χ1n) is 9.44. The first-order chi connectivity index (χ1) is 12.7. The van der Waals surface area contributed by atoms with Crippen molar-refractivity contribution < 1.29 is 9.18 Å². The second-order valence-electron chi connectivity index (χ2n) is 7.43. The molecule has 2 N–H and O–H groups in total. The van der Waals surface area contributed by atoms with E-state index in [1.54, 1.807) is 18.3 Å². The second kappa shape index (κ2) is 7.19. The van der Waals surface area contributed by atoms with E-state index in [-0.39, 0.29) is 17.6 Å². The smallest absolute Gasteiger partial charge is 0.225 e. The molecule has 2 aliphatic rings. The maximum absolute atomic E-state index is 13.7. The number of nitrogens with two attached hydrogens (primary N) is 1. The third kappa shape index (κ3) is 3.26. The fourth-order valence-corrected chi connectivity index (χ4v) is 4.23. The molecule has 1 atom stereocenters. The monoisotopic (exact) mass is 356 g/mol. The SMILES string of the molecule is NCC1CCN(C(=O)C2CCN(c3ccnc4ccc(F)cc34)CC2)C1. The predicted octanol–water partition coefficient (Wildman–Crippen LogP) is 2.40. The van der Waals surface area contributed by atoms with E-state index in [0.717, 1.165) is 62.0 Å². The fourth-order valence-electron chi connectivity index (χ4n) is 4.23. The van der Waals surface area contributed by atoms with Gasteiger partial charge in [-0.2, -0.15) is 0 Å². The molecule has 0 saturated carbocycles. The van der Waals surface area contributed by atoms with Crippen molar-refractivity contribution >= 4 is 22.5 Å². The zero-order valence-corrected chi connectivity index (χ0v) is 14.9. The van der Waals surface area contributed by atoms with Crippen LogP contribution in [0.25, 0.3) is 10.9 Å². The van der Waals surface area contributed by atoms with Crippen LogP contribution < -0.4 is 10.6 Å². The van der Waals surface area contributed by atoms with Gasteiger partial charge in [-0.05, 0) is 56.0 Å². The van der Waals surface area contributed by atoms with E-state index in [1.807, 2.05) is 11.0 Å². The summed E-state index contributed by atoms with van der Waals surface area (Å²) in [5, 5.41) is 0.836. The molecule has 2 aromatic rings. The molecule has 2 fully saturated rings. The summed E-state index contributed by atoms with van der Waals surface area (Å²) in [6.45, 7) is 3.92. The number of anilines is 1. The molecule has 6 heteroatoms. The van der Waals surface area contributed by atoms with Crippen molar-refractivity contribution in [2.75, 3.05) is 37.6 Å². The Bertz CT molecular complexity index is 803. The Labute approximate surface area is 153 Å². The molecule has 0 aliphatic carbocycles. The van der Waals surface area contributed by atoms with Gasteiger partial charge in [0.1, 0.15) is 5.82 Å². The maximum atomic E-state index is 13.7. The molecule has 0 bridgehead atoms. The van der Waals surface area contributed by atoms with E-state index in [2.05, 4.69) is 9.88 Å². The van der Waals surface area contributed by atoms with Gasteiger partial charge >= 0.3 is 0 Å². The van der Waals surface area contributed by atoms with E-state index in [4.69, 9.17) is 5.73 Å². The summed E-state index contributed by atoms with van der Waals surface area (Å²) < 4.78 is 13.7. The Morgan fingerprint density at radius 2 is 2.00 bits per heavy atom. The molecule has 2 aliphatic heterocycles. The predicted molar refractivity (Wildman–Crippen MR) is 100 cm³/mol. The number of piperidine rings is 1. The Morgan fingerprint density at radius 3 is 2.73 bits per heavy atom. The van der Waals surface area contributed by atoms with E-state index in [0.29, 0.717) is 12.5 Å². The molecule has 0 spiro atoms. The highest BCUT2D eigenvalue weighted by Gasteiger charge is 2.32. The van der Waals surface area contributed by atoms with Gasteiger partial charge < -0.3 is 15.5 Å². The van der Waals surface area contributed by atoms with Gasteiger partial charge in [0, 0.05) is 49.4 Å². The van der Waals surface area contributed by atoms with Crippen molar-refractivity contribution in [2.24, 2.45) is 17.6 Å². The molecular formula is C20H25FN4O. The zero-order chi connectivity index (χ0) is 18.1. The van der Waals surface area contributed by atoms with Crippen LogP contribution in [-0.2, 0) is 4.79 Å². The first kappa shape index (κ1) is 17.2. The molecule has 1 amide bonds. The number of halogens is 1. The minimum Gasteiger partial charge on any atom is -0.371 e. The average molecular weight is 356 g/mol. The second-order valence-corrected chi connectivity index (χ2v) is 7.43. The van der Waals surface area contributed by atoms with Crippen LogP contribution >= 0.6 is 0 Å². The molecule has 3 heterocycles. The van der Waals surface area contributed by atoms with E-state index < -0.39 is 0 Å². The lowest BCUT2D eigenvalue weighted by Crippen LogP contribution is -2.42. The summed E-state index contributed by atoms with van der Waals surface area (Å²) in [5.74, 6) is 0.580. The maximum Gasteiger partial charge on any atom is 0.225 e. The Balaban J connectivity index is 1.44. The van der Waals surface area contributed by atoms with Crippen LogP contribution in [0.5, 0.6) is 0 Å². The van der Waals surface area contributed by atoms with Crippen molar-refractivity contribution in [3.05, 3.63) is 36.3 Å². The summed E-state index contributed by atoms with van der Waals surface area (Å²) >= 11 is 0. The number of carbonyl (C=O) groups is 1. The van der Waals surface area contributed by atoms with Crippen LogP contribution in [0.3, 0.4) is 0 Å². The van der Waals surface area contributed by atoms with Crippen molar-refractivity contribution in [2.45, 2.75) is 19.3 Å². The van der Waals surface area contributed by atoms with Crippen LogP contribution in [0, 0.1) is 17.7 Å². The molecule has 0 radical (unpaired) electrons. The van der Waals surface area contributed by atoms with E-state index in [1.165, 1.54) is 6.07 Å². The lowest BCUT2D eigenvalue weighted by atomic mass is 9.94. The normalized spacial score (nSPS) is 21.5. The number of pyridine rings is 1. The summed E-state index contributed by atoms with van der Waals surface area (Å²) in [4.78, 5) is 21.3. The van der Waals surface area contributed by atoms with Crippen molar-refractivity contribution in [1.82, 2.24) is 9.88 Å². The molecule has 4 rings (SSSR count). The van der Waals surface area contributed by atoms with Gasteiger partial charge in [-0.15, -0.1) is 0 Å². The number of carbonyl (C=O) groups excluding carboxylic acids is 1. The minimum atomic E-state index is -0.250. The number of fused-ring (bicyclic) bond motifs is 1. The first-order valence-corrected chi connectivity index (χ1v) is 9.44. The van der Waals surface area contributed by atoms with Gasteiger partial charge in [-0.1, -0.05) is 0 Å². The number of likely N-dealkylation sites (tertiary alicyclic amines) is 1. The third-order valence-corrected chi connectivity index (χ3v) is 5.80. The van der Waals surface area contributed by atoms with E-state index in [9.17, 15) is 9.18 Å². The molecule has 138 valence electrons. The number of benzene rings is 1. The quantitative estimate of drug-likeness (QED) is 0.917. The fraction of sp³-hybridized carbons (Fsp3) is 0.500. The van der Waals surface area contributed by atoms with Crippen LogP contribution in [0.1, 0.15) is 19.3 Å². The standard InChI is InChI=1S/C20H25FN4O/c21-16-1-2-18-17(11-16)19(3-7-23-18)24-9-5-15(6-10-24)20(26)25-8-4-14(12-22)13-25/h1-3,7,11,14-15H,4-6,8-10,12-13,22H2. The molecule has 1 aromatic carbocycles. The molecule has 26 heavy (non-hydrogen) atoms. The molecule has 1 unspecified atom stereocenters. The van der Waals surface area contributed by atoms with Gasteiger partial charge in [0.15, 0.2) is 0 Å². The molecule has 2 saturated heterocycles. The minimum absolute atomic E-state index is 0.0904. The summed E-state index contributed by atoms with van der Waals surface area (Å²) in [7, 11) is 0. The van der Waals surface area contributed by atoms with Crippen LogP contribution in [0.2, 0.25) is 0 Å².